The van der Waals surface area contributed by atoms with Crippen molar-refractivity contribution in [1.29, 1.82) is 0 Å². The van der Waals surface area contributed by atoms with E-state index in [1.165, 1.54) is 16.3 Å². The average molecular weight is 254 g/mol. The lowest BCUT2D eigenvalue weighted by molar-refractivity contribution is 1.15. The van der Waals surface area contributed by atoms with Gasteiger partial charge in [-0.2, -0.15) is 11.8 Å². The molecule has 0 aliphatic carbocycles. The van der Waals surface area contributed by atoms with Crippen LogP contribution in [0.5, 0.6) is 0 Å². The fourth-order valence-corrected chi connectivity index (χ4v) is 2.33. The van der Waals surface area contributed by atoms with E-state index in [0.29, 0.717) is 0 Å². The van der Waals surface area contributed by atoms with Crippen LogP contribution in [-0.4, -0.2) is 12.3 Å². The molecule has 0 fully saturated rings. The van der Waals surface area contributed by atoms with Gasteiger partial charge < -0.3 is 5.73 Å². The number of halogens is 1. The van der Waals surface area contributed by atoms with Crippen LogP contribution in [0.25, 0.3) is 10.8 Å². The number of hydrogen-bond donors (Lipinski definition) is 1. The Morgan fingerprint density at radius 1 is 1.00 bits per heavy atom. The Morgan fingerprint density at radius 2 is 1.75 bits per heavy atom. The molecule has 86 valence electrons. The predicted octanol–water partition coefficient (Wildman–Crippen LogP) is 3.45. The highest BCUT2D eigenvalue weighted by atomic mass is 35.5. The van der Waals surface area contributed by atoms with Gasteiger partial charge in [0, 0.05) is 18.1 Å². The van der Waals surface area contributed by atoms with Gasteiger partial charge in [-0.15, -0.1) is 12.4 Å². The maximum Gasteiger partial charge on any atom is 0.0185 e. The van der Waals surface area contributed by atoms with Crippen molar-refractivity contribution >= 4 is 34.9 Å². The number of rotatable bonds is 4. The smallest absolute Gasteiger partial charge is 0.0185 e. The maximum absolute atomic E-state index is 5.46. The van der Waals surface area contributed by atoms with E-state index in [4.69, 9.17) is 5.73 Å². The van der Waals surface area contributed by atoms with Gasteiger partial charge in [0.05, 0.1) is 0 Å². The number of fused-ring (bicyclic) bond motifs is 1. The zero-order valence-corrected chi connectivity index (χ0v) is 10.7. The molecule has 0 heterocycles. The van der Waals surface area contributed by atoms with Crippen LogP contribution in [0, 0.1) is 0 Å². The molecule has 0 amide bonds. The molecular formula is C13H16ClNS. The first-order valence-electron chi connectivity index (χ1n) is 5.15. The van der Waals surface area contributed by atoms with Crippen LogP contribution >= 0.6 is 24.2 Å². The summed E-state index contributed by atoms with van der Waals surface area (Å²) in [6, 6.07) is 15.1. The number of benzene rings is 2. The molecule has 0 aliphatic heterocycles. The van der Waals surface area contributed by atoms with E-state index < -0.39 is 0 Å². The maximum atomic E-state index is 5.46. The molecule has 0 radical (unpaired) electrons. The standard InChI is InChI=1S/C13H15NS.ClH/c14-7-8-15-10-11-5-6-12-3-1-2-4-13(12)9-11;/h1-6,9H,7-8,10,14H2;1H. The van der Waals surface area contributed by atoms with Crippen LogP contribution in [0.4, 0.5) is 0 Å². The summed E-state index contributed by atoms with van der Waals surface area (Å²) in [5.41, 5.74) is 6.84. The normalized spacial score (nSPS) is 10.1. The number of nitrogens with two attached hydrogens (primary N) is 1. The number of thioether (sulfide) groups is 1. The van der Waals surface area contributed by atoms with E-state index in [9.17, 15) is 0 Å². The molecule has 2 aromatic rings. The van der Waals surface area contributed by atoms with Crippen molar-refractivity contribution in [2.75, 3.05) is 12.3 Å². The monoisotopic (exact) mass is 253 g/mol. The van der Waals surface area contributed by atoms with Gasteiger partial charge in [-0.1, -0.05) is 42.5 Å². The van der Waals surface area contributed by atoms with Gasteiger partial charge in [0.1, 0.15) is 0 Å². The van der Waals surface area contributed by atoms with E-state index in [-0.39, 0.29) is 12.4 Å². The molecule has 0 bridgehead atoms. The zero-order valence-electron chi connectivity index (χ0n) is 9.06. The highest BCUT2D eigenvalue weighted by Crippen LogP contribution is 2.18. The minimum absolute atomic E-state index is 0. The molecule has 3 heteroatoms. The topological polar surface area (TPSA) is 26.0 Å². The summed E-state index contributed by atoms with van der Waals surface area (Å²) in [4.78, 5) is 0. The van der Waals surface area contributed by atoms with Crippen molar-refractivity contribution in [2.24, 2.45) is 5.73 Å². The van der Waals surface area contributed by atoms with Crippen LogP contribution in [-0.2, 0) is 5.75 Å². The molecule has 0 aliphatic rings. The van der Waals surface area contributed by atoms with Gasteiger partial charge >= 0.3 is 0 Å². The van der Waals surface area contributed by atoms with Crippen LogP contribution in [0.1, 0.15) is 5.56 Å². The quantitative estimate of drug-likeness (QED) is 0.845. The molecule has 2 rings (SSSR count). The Bertz CT molecular complexity index is 445. The van der Waals surface area contributed by atoms with Crippen LogP contribution < -0.4 is 5.73 Å². The Labute approximate surface area is 107 Å². The molecule has 1 nitrogen and oxygen atoms in total. The lowest BCUT2D eigenvalue weighted by Gasteiger charge is -2.03. The Kier molecular flexibility index (Phi) is 5.67. The largest absolute Gasteiger partial charge is 0.330 e. The van der Waals surface area contributed by atoms with Gasteiger partial charge in [-0.25, -0.2) is 0 Å². The van der Waals surface area contributed by atoms with Gasteiger partial charge in [0.2, 0.25) is 0 Å². The summed E-state index contributed by atoms with van der Waals surface area (Å²) in [7, 11) is 0. The Morgan fingerprint density at radius 3 is 2.50 bits per heavy atom. The summed E-state index contributed by atoms with van der Waals surface area (Å²) >= 11 is 1.89. The minimum Gasteiger partial charge on any atom is -0.330 e. The molecule has 0 unspecified atom stereocenters. The molecule has 2 aromatic carbocycles. The summed E-state index contributed by atoms with van der Waals surface area (Å²) in [5, 5.41) is 2.63. The zero-order chi connectivity index (χ0) is 10.5. The van der Waals surface area contributed by atoms with Gasteiger partial charge in [-0.3, -0.25) is 0 Å². The van der Waals surface area contributed by atoms with Gasteiger partial charge in [0.25, 0.3) is 0 Å². The fraction of sp³-hybridized carbons (Fsp3) is 0.231. The van der Waals surface area contributed by atoms with Crippen molar-refractivity contribution < 1.29 is 0 Å². The first-order valence-corrected chi connectivity index (χ1v) is 6.31. The second kappa shape index (κ2) is 6.79. The van der Waals surface area contributed by atoms with Crippen molar-refractivity contribution in [1.82, 2.24) is 0 Å². The Balaban J connectivity index is 0.00000128. The SMILES string of the molecule is Cl.NCCSCc1ccc2ccccc2c1. The lowest BCUT2D eigenvalue weighted by Crippen LogP contribution is -2.01. The highest BCUT2D eigenvalue weighted by molar-refractivity contribution is 7.98. The van der Waals surface area contributed by atoms with Crippen LogP contribution in [0.15, 0.2) is 42.5 Å². The molecular weight excluding hydrogens is 238 g/mol. The lowest BCUT2D eigenvalue weighted by atomic mass is 10.1. The molecule has 0 aromatic heterocycles. The van der Waals surface area contributed by atoms with Crippen LogP contribution in [0.2, 0.25) is 0 Å². The van der Waals surface area contributed by atoms with Crippen molar-refractivity contribution in [3.05, 3.63) is 48.0 Å². The van der Waals surface area contributed by atoms with Crippen molar-refractivity contribution in [2.45, 2.75) is 5.75 Å². The first-order chi connectivity index (χ1) is 7.40. The molecule has 2 N–H and O–H groups in total. The Hall–Kier alpha value is -0.700. The first kappa shape index (κ1) is 13.4. The molecule has 16 heavy (non-hydrogen) atoms. The van der Waals surface area contributed by atoms with Crippen molar-refractivity contribution in [3.63, 3.8) is 0 Å². The predicted molar refractivity (Wildman–Crippen MR) is 76.4 cm³/mol. The summed E-state index contributed by atoms with van der Waals surface area (Å²) in [6.07, 6.45) is 0. The van der Waals surface area contributed by atoms with Gasteiger partial charge in [0.15, 0.2) is 0 Å². The van der Waals surface area contributed by atoms with Crippen molar-refractivity contribution in [3.8, 4) is 0 Å². The third-order valence-corrected chi connectivity index (χ3v) is 3.41. The third kappa shape index (κ3) is 3.41. The molecule has 0 saturated heterocycles. The van der Waals surface area contributed by atoms with E-state index in [2.05, 4.69) is 42.5 Å². The van der Waals surface area contributed by atoms with E-state index >= 15 is 0 Å². The fourth-order valence-electron chi connectivity index (χ4n) is 1.60. The second-order valence-electron chi connectivity index (χ2n) is 3.52. The molecule has 0 spiro atoms. The minimum atomic E-state index is 0. The molecule has 0 saturated carbocycles. The summed E-state index contributed by atoms with van der Waals surface area (Å²) < 4.78 is 0. The average Bonchev–Trinajstić information content (AvgIpc) is 2.29. The van der Waals surface area contributed by atoms with Gasteiger partial charge in [-0.05, 0) is 16.3 Å². The number of hydrogen-bond acceptors (Lipinski definition) is 2. The molecule has 0 atom stereocenters. The highest BCUT2D eigenvalue weighted by Gasteiger charge is 1.96. The summed E-state index contributed by atoms with van der Waals surface area (Å²) in [6.45, 7) is 0.762. The van der Waals surface area contributed by atoms with Crippen LogP contribution in [0.3, 0.4) is 0 Å². The van der Waals surface area contributed by atoms with E-state index in [0.717, 1.165) is 18.1 Å². The second-order valence-corrected chi connectivity index (χ2v) is 4.63. The summed E-state index contributed by atoms with van der Waals surface area (Å²) in [5.74, 6) is 2.09. The van der Waals surface area contributed by atoms with E-state index in [1.54, 1.807) is 0 Å². The van der Waals surface area contributed by atoms with E-state index in [1.807, 2.05) is 11.8 Å². The third-order valence-electron chi connectivity index (χ3n) is 2.34.